The molecule has 3 nitrogen and oxygen atoms in total. The van der Waals surface area contributed by atoms with Crippen molar-refractivity contribution in [2.45, 2.75) is 24.3 Å². The van der Waals surface area contributed by atoms with Crippen LogP contribution in [0.2, 0.25) is 0 Å². The van der Waals surface area contributed by atoms with E-state index in [1.165, 1.54) is 17.8 Å². The molecule has 3 N–H and O–H groups in total. The number of carboxylic acids is 1. The zero-order valence-corrected chi connectivity index (χ0v) is 9.97. The first-order chi connectivity index (χ1) is 7.45. The number of carbonyl (C=O) groups is 1. The van der Waals surface area contributed by atoms with Gasteiger partial charge in [-0.15, -0.1) is 11.8 Å². The van der Waals surface area contributed by atoms with Gasteiger partial charge in [0.15, 0.2) is 0 Å². The van der Waals surface area contributed by atoms with Gasteiger partial charge in [0.25, 0.3) is 0 Å². The molecule has 0 bridgehead atoms. The lowest BCUT2D eigenvalue weighted by molar-refractivity contribution is -0.137. The Bertz CT molecular complexity index is 409. The number of halogens is 1. The largest absolute Gasteiger partial charge is 0.481 e. The number of aryl methyl sites for hydroxylation is 1. The molecule has 0 aliphatic heterocycles. The Kier molecular flexibility index (Phi) is 4.32. The van der Waals surface area contributed by atoms with Crippen LogP contribution in [0.15, 0.2) is 17.0 Å². The highest BCUT2D eigenvalue weighted by Crippen LogP contribution is 2.27. The van der Waals surface area contributed by atoms with Crippen LogP contribution in [0, 0.1) is 12.7 Å². The van der Waals surface area contributed by atoms with Crippen LogP contribution in [0.5, 0.6) is 0 Å². The van der Waals surface area contributed by atoms with E-state index in [1.54, 1.807) is 13.0 Å². The summed E-state index contributed by atoms with van der Waals surface area (Å²) in [4.78, 5) is 11.4. The molecule has 1 rings (SSSR count). The van der Waals surface area contributed by atoms with Crippen molar-refractivity contribution in [2.75, 3.05) is 6.26 Å². The van der Waals surface area contributed by atoms with Gasteiger partial charge in [-0.3, -0.25) is 4.79 Å². The molecule has 0 fully saturated rings. The zero-order chi connectivity index (χ0) is 12.3. The fraction of sp³-hybridized carbons (Fsp3) is 0.364. The lowest BCUT2D eigenvalue weighted by Gasteiger charge is -2.13. The van der Waals surface area contributed by atoms with Crippen LogP contribution < -0.4 is 5.73 Å². The van der Waals surface area contributed by atoms with E-state index in [-0.39, 0.29) is 12.0 Å². The van der Waals surface area contributed by atoms with Crippen LogP contribution in [-0.4, -0.2) is 17.3 Å². The van der Waals surface area contributed by atoms with Gasteiger partial charge in [0.2, 0.25) is 0 Å². The fourth-order valence-electron chi connectivity index (χ4n) is 1.47. The summed E-state index contributed by atoms with van der Waals surface area (Å²) in [5, 5.41) is 8.61. The number of hydrogen-bond donors (Lipinski definition) is 2. The quantitative estimate of drug-likeness (QED) is 0.797. The van der Waals surface area contributed by atoms with Gasteiger partial charge in [-0.25, -0.2) is 4.39 Å². The average Bonchev–Trinajstić information content (AvgIpc) is 2.16. The van der Waals surface area contributed by atoms with Crippen molar-refractivity contribution < 1.29 is 14.3 Å². The molecule has 1 aromatic rings. The van der Waals surface area contributed by atoms with Crippen molar-refractivity contribution >= 4 is 17.7 Å². The standard InChI is InChI=1S/C11H14FNO2S/c1-6-3-8(12)7(4-10(6)16-2)9(13)5-11(14)15/h3-4,9H,5,13H2,1-2H3,(H,14,15). The molecule has 1 aromatic carbocycles. The summed E-state index contributed by atoms with van der Waals surface area (Å²) in [7, 11) is 0. The van der Waals surface area contributed by atoms with Crippen LogP contribution in [0.1, 0.15) is 23.6 Å². The zero-order valence-electron chi connectivity index (χ0n) is 9.16. The maximum atomic E-state index is 13.6. The molecular weight excluding hydrogens is 229 g/mol. The Morgan fingerprint density at radius 3 is 2.75 bits per heavy atom. The highest BCUT2D eigenvalue weighted by Gasteiger charge is 2.16. The van der Waals surface area contributed by atoms with E-state index in [1.807, 2.05) is 6.26 Å². The molecule has 0 heterocycles. The minimum atomic E-state index is -1.03. The summed E-state index contributed by atoms with van der Waals surface area (Å²) in [6.07, 6.45) is 1.61. The molecular formula is C11H14FNO2S. The predicted molar refractivity (Wildman–Crippen MR) is 62.1 cm³/mol. The van der Waals surface area contributed by atoms with E-state index >= 15 is 0 Å². The predicted octanol–water partition coefficient (Wildman–Crippen LogP) is 2.33. The van der Waals surface area contributed by atoms with Gasteiger partial charge in [0, 0.05) is 16.5 Å². The summed E-state index contributed by atoms with van der Waals surface area (Å²) in [6.45, 7) is 1.81. The van der Waals surface area contributed by atoms with Gasteiger partial charge < -0.3 is 10.8 Å². The van der Waals surface area contributed by atoms with Gasteiger partial charge in [0.05, 0.1) is 6.42 Å². The van der Waals surface area contributed by atoms with Crippen LogP contribution in [-0.2, 0) is 4.79 Å². The Morgan fingerprint density at radius 1 is 1.62 bits per heavy atom. The third-order valence-corrected chi connectivity index (χ3v) is 3.19. The number of rotatable bonds is 4. The number of benzene rings is 1. The molecule has 0 spiro atoms. The third kappa shape index (κ3) is 2.96. The minimum absolute atomic E-state index is 0.261. The highest BCUT2D eigenvalue weighted by molar-refractivity contribution is 7.98. The smallest absolute Gasteiger partial charge is 0.305 e. The topological polar surface area (TPSA) is 63.3 Å². The second-order valence-electron chi connectivity index (χ2n) is 3.55. The molecule has 1 atom stereocenters. The molecule has 16 heavy (non-hydrogen) atoms. The molecule has 0 amide bonds. The summed E-state index contributed by atoms with van der Waals surface area (Å²) in [5.41, 5.74) is 6.73. The van der Waals surface area contributed by atoms with E-state index in [9.17, 15) is 9.18 Å². The Morgan fingerprint density at radius 2 is 2.25 bits per heavy atom. The van der Waals surface area contributed by atoms with Crippen LogP contribution in [0.3, 0.4) is 0 Å². The Balaban J connectivity index is 3.08. The van der Waals surface area contributed by atoms with Gasteiger partial charge >= 0.3 is 5.97 Å². The first kappa shape index (κ1) is 13.0. The minimum Gasteiger partial charge on any atom is -0.481 e. The van der Waals surface area contributed by atoms with Crippen LogP contribution in [0.25, 0.3) is 0 Å². The molecule has 0 radical (unpaired) electrons. The number of nitrogens with two attached hydrogens (primary N) is 1. The number of aliphatic carboxylic acids is 1. The molecule has 5 heteroatoms. The average molecular weight is 243 g/mol. The second-order valence-corrected chi connectivity index (χ2v) is 4.40. The van der Waals surface area contributed by atoms with E-state index < -0.39 is 17.8 Å². The summed E-state index contributed by atoms with van der Waals surface area (Å²) < 4.78 is 13.6. The van der Waals surface area contributed by atoms with Gasteiger partial charge in [0.1, 0.15) is 5.82 Å². The molecule has 0 saturated heterocycles. The monoisotopic (exact) mass is 243 g/mol. The fourth-order valence-corrected chi connectivity index (χ4v) is 2.10. The second kappa shape index (κ2) is 5.32. The summed E-state index contributed by atoms with van der Waals surface area (Å²) in [5.74, 6) is -1.47. The lowest BCUT2D eigenvalue weighted by Crippen LogP contribution is -2.16. The van der Waals surface area contributed by atoms with Crippen LogP contribution >= 0.6 is 11.8 Å². The molecule has 0 aliphatic rings. The molecule has 88 valence electrons. The van der Waals surface area contributed by atoms with Crippen molar-refractivity contribution in [1.82, 2.24) is 0 Å². The number of thioether (sulfide) groups is 1. The lowest BCUT2D eigenvalue weighted by atomic mass is 10.0. The Hall–Kier alpha value is -1.07. The number of hydrogen-bond acceptors (Lipinski definition) is 3. The van der Waals surface area contributed by atoms with Crippen molar-refractivity contribution in [3.05, 3.63) is 29.1 Å². The number of carboxylic acid groups (broad SMARTS) is 1. The Labute approximate surface area is 97.8 Å². The van der Waals surface area contributed by atoms with Crippen molar-refractivity contribution in [3.63, 3.8) is 0 Å². The third-order valence-electron chi connectivity index (χ3n) is 2.31. The molecule has 0 saturated carbocycles. The van der Waals surface area contributed by atoms with E-state index in [0.29, 0.717) is 0 Å². The first-order valence-corrected chi connectivity index (χ1v) is 5.99. The van der Waals surface area contributed by atoms with Crippen molar-refractivity contribution in [3.8, 4) is 0 Å². The van der Waals surface area contributed by atoms with Gasteiger partial charge in [-0.2, -0.15) is 0 Å². The van der Waals surface area contributed by atoms with Gasteiger partial charge in [-0.1, -0.05) is 0 Å². The maximum absolute atomic E-state index is 13.6. The molecule has 0 aliphatic carbocycles. The normalized spacial score (nSPS) is 12.5. The van der Waals surface area contributed by atoms with E-state index in [2.05, 4.69) is 0 Å². The van der Waals surface area contributed by atoms with Crippen molar-refractivity contribution in [1.29, 1.82) is 0 Å². The maximum Gasteiger partial charge on any atom is 0.305 e. The summed E-state index contributed by atoms with van der Waals surface area (Å²) >= 11 is 1.48. The molecule has 1 unspecified atom stereocenters. The van der Waals surface area contributed by atoms with Crippen LogP contribution in [0.4, 0.5) is 4.39 Å². The van der Waals surface area contributed by atoms with Crippen molar-refractivity contribution in [2.24, 2.45) is 5.73 Å². The highest BCUT2D eigenvalue weighted by atomic mass is 32.2. The van der Waals surface area contributed by atoms with Gasteiger partial charge in [-0.05, 0) is 30.9 Å². The van der Waals surface area contributed by atoms with E-state index in [4.69, 9.17) is 10.8 Å². The first-order valence-electron chi connectivity index (χ1n) is 4.77. The SMILES string of the molecule is CSc1cc(C(N)CC(=O)O)c(F)cc1C. The molecule has 0 aromatic heterocycles. The summed E-state index contributed by atoms with van der Waals surface area (Å²) in [6, 6.07) is 2.22. The van der Waals surface area contributed by atoms with E-state index in [0.717, 1.165) is 10.5 Å².